The zero-order valence-electron chi connectivity index (χ0n) is 31.7. The molecule has 1 aliphatic rings. The topological polar surface area (TPSA) is 256 Å². The van der Waals surface area contributed by atoms with Gasteiger partial charge in [-0.2, -0.15) is 10.1 Å². The lowest BCUT2D eigenvalue weighted by Gasteiger charge is -2.34. The van der Waals surface area contributed by atoms with Crippen LogP contribution in [0.5, 0.6) is 0 Å². The number of nitrogens with two attached hydrogens (primary N) is 2. The number of aromatic nitrogens is 9. The number of nitrogens with zero attached hydrogens (tertiary/aromatic N) is 11. The van der Waals surface area contributed by atoms with Gasteiger partial charge in [0.2, 0.25) is 17.8 Å². The quantitative estimate of drug-likeness (QED) is 0.0709. The van der Waals surface area contributed by atoms with E-state index in [1.807, 2.05) is 12.1 Å². The lowest BCUT2D eigenvalue weighted by atomic mass is 10.1. The molecule has 0 radical (unpaired) electrons. The van der Waals surface area contributed by atoms with Gasteiger partial charge in [0, 0.05) is 82.6 Å². The van der Waals surface area contributed by atoms with Crippen molar-refractivity contribution in [2.75, 3.05) is 87.0 Å². The van der Waals surface area contributed by atoms with Crippen molar-refractivity contribution in [2.24, 2.45) is 0 Å². The van der Waals surface area contributed by atoms with Crippen LogP contribution in [0.4, 0.5) is 23.7 Å². The van der Waals surface area contributed by atoms with Crippen molar-refractivity contribution in [2.45, 2.75) is 25.8 Å². The molecule has 0 unspecified atom stereocenters. The summed E-state index contributed by atoms with van der Waals surface area (Å²) in [5, 5.41) is 11.2. The first-order chi connectivity index (χ1) is 28.4. The zero-order valence-corrected chi connectivity index (χ0v) is 31.7. The van der Waals surface area contributed by atoms with Crippen molar-refractivity contribution in [1.29, 1.82) is 0 Å². The van der Waals surface area contributed by atoms with E-state index in [1.165, 1.54) is 18.7 Å². The van der Waals surface area contributed by atoms with Gasteiger partial charge in [-0.25, -0.2) is 34.6 Å². The molecule has 0 aliphatic carbocycles. The van der Waals surface area contributed by atoms with E-state index in [4.69, 9.17) is 36.9 Å². The number of amides is 2. The molecule has 5 aromatic heterocycles. The van der Waals surface area contributed by atoms with E-state index in [0.29, 0.717) is 122 Å². The molecule has 0 bridgehead atoms. The molecule has 58 heavy (non-hydrogen) atoms. The van der Waals surface area contributed by atoms with Crippen molar-refractivity contribution in [3.8, 4) is 23.6 Å². The lowest BCUT2D eigenvalue weighted by Crippen LogP contribution is -2.47. The van der Waals surface area contributed by atoms with E-state index >= 15 is 0 Å². The van der Waals surface area contributed by atoms with E-state index in [0.717, 1.165) is 18.4 Å². The van der Waals surface area contributed by atoms with Gasteiger partial charge in [0.05, 0.1) is 42.9 Å². The van der Waals surface area contributed by atoms with Gasteiger partial charge in [-0.15, -0.1) is 6.42 Å². The summed E-state index contributed by atoms with van der Waals surface area (Å²) in [5.41, 5.74) is 16.2. The van der Waals surface area contributed by atoms with Crippen LogP contribution in [0.1, 0.15) is 35.2 Å². The number of carbonyl (C=O) groups excluding carboxylic acids is 2. The molecule has 20 nitrogen and oxygen atoms in total. The molecule has 6 heterocycles. The minimum absolute atomic E-state index is 0.0891. The first-order valence-electron chi connectivity index (χ1n) is 18.8. The van der Waals surface area contributed by atoms with Gasteiger partial charge < -0.3 is 45.8 Å². The highest BCUT2D eigenvalue weighted by molar-refractivity contribution is 5.99. The number of aryl methyl sites for hydroxylation is 1. The van der Waals surface area contributed by atoms with Crippen LogP contribution in [0.3, 0.4) is 0 Å². The van der Waals surface area contributed by atoms with Crippen LogP contribution in [-0.4, -0.2) is 122 Å². The number of anilines is 4. The molecule has 7 rings (SSSR count). The zero-order chi connectivity index (χ0) is 40.3. The number of oxazole rings is 1. The number of fused-ring (bicyclic) bond motifs is 2. The average Bonchev–Trinajstić information content (AvgIpc) is 3.82. The number of terminal acetylenes is 1. The number of benzene rings is 1. The highest BCUT2D eigenvalue weighted by Gasteiger charge is 2.22. The van der Waals surface area contributed by atoms with Crippen molar-refractivity contribution in [3.63, 3.8) is 0 Å². The molecule has 2 amide bonds. The van der Waals surface area contributed by atoms with Gasteiger partial charge in [-0.05, 0) is 31.0 Å². The molecule has 6 N–H and O–H groups in total. The van der Waals surface area contributed by atoms with Crippen LogP contribution in [-0.2, 0) is 20.8 Å². The van der Waals surface area contributed by atoms with Gasteiger partial charge in [0.25, 0.3) is 11.9 Å². The second kappa shape index (κ2) is 18.8. The smallest absolute Gasteiger partial charge is 0.292 e. The first-order valence-corrected chi connectivity index (χ1v) is 18.8. The summed E-state index contributed by atoms with van der Waals surface area (Å²) in [5.74, 6) is 3.65. The van der Waals surface area contributed by atoms with Gasteiger partial charge >= 0.3 is 0 Å². The summed E-state index contributed by atoms with van der Waals surface area (Å²) in [6.07, 6.45) is 14.8. The summed E-state index contributed by atoms with van der Waals surface area (Å²) in [6.45, 7) is 5.39. The van der Waals surface area contributed by atoms with Crippen molar-refractivity contribution < 1.29 is 23.5 Å². The fraction of sp³-hybridized carbons (Fsp3) is 0.368. The second-order valence-electron chi connectivity index (χ2n) is 13.2. The summed E-state index contributed by atoms with van der Waals surface area (Å²) in [7, 11) is 0. The Morgan fingerprint density at radius 1 is 0.845 bits per heavy atom. The fourth-order valence-electron chi connectivity index (χ4n) is 6.28. The predicted molar refractivity (Wildman–Crippen MR) is 214 cm³/mol. The van der Waals surface area contributed by atoms with Crippen LogP contribution in [0.25, 0.3) is 33.4 Å². The Morgan fingerprint density at radius 3 is 2.28 bits per heavy atom. The molecule has 0 spiro atoms. The first kappa shape index (κ1) is 39.3. The van der Waals surface area contributed by atoms with Gasteiger partial charge in [0.15, 0.2) is 11.2 Å². The number of nitrogen functional groups attached to an aromatic ring is 2. The molecule has 20 heteroatoms. The average molecular weight is 790 g/mol. The summed E-state index contributed by atoms with van der Waals surface area (Å²) in [4.78, 5) is 59.3. The Bertz CT molecular complexity index is 2370. The number of carbonyl (C=O) groups is 2. The Kier molecular flexibility index (Phi) is 12.7. The largest absolute Gasteiger partial charge is 0.424 e. The standard InChI is InChI=1S/C38H43N15O5/c1-2-25-20-43-37(44-21-25)51-11-13-52(14-12-51)38-45-22-27(23-46-38)35(55)42-9-16-57-18-17-56-15-7-30(54)41-8-3-4-10-53-34-31(33(39)47-24-48-34)32(50-53)26-5-6-29-28(19-26)49-36(40)58-29/h1,5-6,19-24H,3-4,7-18H2,(H2,40,49)(H,41,54)(H,42,55)(H2,39,47,48). The third-order valence-corrected chi connectivity index (χ3v) is 9.28. The third-order valence-electron chi connectivity index (χ3n) is 9.28. The summed E-state index contributed by atoms with van der Waals surface area (Å²) < 4.78 is 18.3. The van der Waals surface area contributed by atoms with E-state index in [9.17, 15) is 9.59 Å². The number of hydrogen-bond acceptors (Lipinski definition) is 17. The lowest BCUT2D eigenvalue weighted by molar-refractivity contribution is -0.122. The van der Waals surface area contributed by atoms with Crippen LogP contribution >= 0.6 is 0 Å². The molecule has 0 saturated carbocycles. The molecule has 1 fully saturated rings. The Hall–Kier alpha value is -6.98. The summed E-state index contributed by atoms with van der Waals surface area (Å²) in [6, 6.07) is 5.58. The molecular formula is C38H43N15O5. The van der Waals surface area contributed by atoms with E-state index in [2.05, 4.69) is 61.2 Å². The van der Waals surface area contributed by atoms with Gasteiger partial charge in [-0.3, -0.25) is 9.59 Å². The minimum atomic E-state index is -0.289. The van der Waals surface area contributed by atoms with Gasteiger partial charge in [0.1, 0.15) is 23.4 Å². The number of piperazine rings is 1. The maximum absolute atomic E-state index is 12.6. The van der Waals surface area contributed by atoms with Crippen molar-refractivity contribution in [1.82, 2.24) is 55.3 Å². The Balaban J connectivity index is 0.721. The fourth-order valence-corrected chi connectivity index (χ4v) is 6.28. The Labute approximate surface area is 332 Å². The number of ether oxygens (including phenoxy) is 2. The van der Waals surface area contributed by atoms with E-state index < -0.39 is 0 Å². The molecule has 300 valence electrons. The van der Waals surface area contributed by atoms with Crippen molar-refractivity contribution >= 4 is 57.7 Å². The number of unbranched alkanes of at least 4 members (excludes halogenated alkanes) is 1. The molecular weight excluding hydrogens is 747 g/mol. The molecule has 1 aliphatic heterocycles. The number of nitrogens with one attached hydrogen (secondary N) is 2. The highest BCUT2D eigenvalue weighted by Crippen LogP contribution is 2.32. The van der Waals surface area contributed by atoms with E-state index in [1.54, 1.807) is 23.1 Å². The second-order valence-corrected chi connectivity index (χ2v) is 13.2. The predicted octanol–water partition coefficient (Wildman–Crippen LogP) is 1.44. The normalized spacial score (nSPS) is 12.9. The summed E-state index contributed by atoms with van der Waals surface area (Å²) >= 11 is 0. The Morgan fingerprint density at radius 2 is 1.55 bits per heavy atom. The van der Waals surface area contributed by atoms with Crippen LogP contribution in [0.15, 0.2) is 53.7 Å². The molecule has 6 aromatic rings. The van der Waals surface area contributed by atoms with Crippen LogP contribution in [0.2, 0.25) is 0 Å². The van der Waals surface area contributed by atoms with Gasteiger partial charge in [-0.1, -0.05) is 5.92 Å². The van der Waals surface area contributed by atoms with Crippen LogP contribution in [0, 0.1) is 12.3 Å². The number of rotatable bonds is 18. The molecule has 1 saturated heterocycles. The van der Waals surface area contributed by atoms with Crippen molar-refractivity contribution in [3.05, 3.63) is 60.4 Å². The molecule has 0 atom stereocenters. The minimum Gasteiger partial charge on any atom is -0.424 e. The maximum atomic E-state index is 12.6. The number of hydrogen-bond donors (Lipinski definition) is 4. The maximum Gasteiger partial charge on any atom is 0.292 e. The SMILES string of the molecule is C#Cc1cnc(N2CCN(c3ncc(C(=O)NCCOCCOCCC(=O)NCCCCn4nc(-c5ccc6oc(N)nc6c5)c5c(N)ncnc54)cn3)CC2)nc1. The monoisotopic (exact) mass is 789 g/mol. The highest BCUT2D eigenvalue weighted by atomic mass is 16.5. The molecule has 1 aromatic carbocycles. The van der Waals surface area contributed by atoms with E-state index in [-0.39, 0.29) is 30.9 Å². The van der Waals surface area contributed by atoms with Crippen LogP contribution < -0.4 is 31.9 Å². The third kappa shape index (κ3) is 9.69.